The summed E-state index contributed by atoms with van der Waals surface area (Å²) in [6, 6.07) is 40.2. The maximum atomic E-state index is 9.87. The van der Waals surface area contributed by atoms with E-state index in [1.165, 1.54) is 0 Å². The zero-order valence-electron chi connectivity index (χ0n) is 35.2. The van der Waals surface area contributed by atoms with Gasteiger partial charge in [0.2, 0.25) is 0 Å². The number of hydrogen-bond donors (Lipinski definition) is 0. The number of nitrogens with zero attached hydrogens (tertiary/aromatic N) is 8. The quantitative estimate of drug-likeness (QED) is 0.0720. The van der Waals surface area contributed by atoms with Gasteiger partial charge in [0.05, 0.1) is 33.5 Å². The first kappa shape index (κ1) is 59.3. The van der Waals surface area contributed by atoms with Crippen LogP contribution in [-0.2, 0) is 19.5 Å². The molecule has 0 aliphatic heterocycles. The molecule has 0 saturated carbocycles. The second-order valence-electron chi connectivity index (χ2n) is 13.7. The molecule has 372 valence electrons. The fraction of sp³-hybridized carbons (Fsp3) is 0. The van der Waals surface area contributed by atoms with E-state index in [0.29, 0.717) is 0 Å². The summed E-state index contributed by atoms with van der Waals surface area (Å²) in [5.74, 6) is 0. The van der Waals surface area contributed by atoms with Gasteiger partial charge in [-0.05, 0) is 71.8 Å². The molecule has 0 saturated heterocycles. The Morgan fingerprint density at radius 2 is 0.514 bits per heavy atom. The molecule has 0 unspecified atom stereocenters. The van der Waals surface area contributed by atoms with Gasteiger partial charge in [-0.2, -0.15) is 0 Å². The van der Waals surface area contributed by atoms with Gasteiger partial charge in [0.15, 0.2) is 0 Å². The van der Waals surface area contributed by atoms with Crippen LogP contribution >= 0.6 is 15.6 Å². The van der Waals surface area contributed by atoms with Gasteiger partial charge < -0.3 is 16.4 Å². The molecule has 0 aliphatic rings. The third-order valence-corrected chi connectivity index (χ3v) is 8.51. The summed E-state index contributed by atoms with van der Waals surface area (Å²) in [6.45, 7) is 0. The van der Waals surface area contributed by atoms with Crippen LogP contribution in [0.15, 0.2) is 183 Å². The van der Waals surface area contributed by atoms with Crippen LogP contribution in [0.25, 0.3) is 77.3 Å². The van der Waals surface area contributed by atoms with Gasteiger partial charge in [-0.15, -0.1) is 0 Å². The molecule has 0 radical (unpaired) electrons. The van der Waals surface area contributed by atoms with Crippen LogP contribution in [0.1, 0.15) is 0 Å². The zero-order valence-corrected chi connectivity index (χ0v) is 38.7. The van der Waals surface area contributed by atoms with Crippen molar-refractivity contribution in [2.45, 2.75) is 0 Å². The van der Waals surface area contributed by atoms with Crippen molar-refractivity contribution >= 4 is 59.2 Å². The molecule has 0 spiro atoms. The van der Waals surface area contributed by atoms with Crippen LogP contribution < -0.4 is 0 Å². The molecule has 6 N–H and O–H groups in total. The Morgan fingerprint density at radius 1 is 0.271 bits per heavy atom. The molecule has 8 heterocycles. The van der Waals surface area contributed by atoms with Crippen molar-refractivity contribution < 1.29 is 86.3 Å². The van der Waals surface area contributed by atoms with E-state index in [1.54, 1.807) is 49.6 Å². The Balaban J connectivity index is 0.000000319. The van der Waals surface area contributed by atoms with Gasteiger partial charge in [0.1, 0.15) is 0 Å². The number of halogens is 12. The van der Waals surface area contributed by atoms with E-state index in [2.05, 4.69) is 101 Å². The van der Waals surface area contributed by atoms with Crippen LogP contribution in [0.4, 0.5) is 50.4 Å². The predicted octanol–water partition coefficient (Wildman–Crippen LogP) is 14.1. The number of benzene rings is 2. The molecule has 0 amide bonds. The van der Waals surface area contributed by atoms with E-state index in [1.807, 2.05) is 73.1 Å². The van der Waals surface area contributed by atoms with Crippen molar-refractivity contribution in [3.8, 4) is 33.6 Å². The number of hydrogen-bond acceptors (Lipinski definition) is 8. The zero-order chi connectivity index (χ0) is 47.8. The first-order valence-electron chi connectivity index (χ1n) is 18.7. The summed E-state index contributed by atoms with van der Waals surface area (Å²) < 4.78 is 118. The molecule has 2 aromatic carbocycles. The van der Waals surface area contributed by atoms with Crippen LogP contribution in [0.2, 0.25) is 0 Å². The van der Waals surface area contributed by atoms with Crippen LogP contribution in [0.5, 0.6) is 0 Å². The van der Waals surface area contributed by atoms with Crippen molar-refractivity contribution in [3.05, 3.63) is 183 Å². The number of pyridine rings is 8. The Hall–Kier alpha value is -6.80. The summed E-state index contributed by atoms with van der Waals surface area (Å²) in [7, 11) is -21.3. The minimum absolute atomic E-state index is 0. The van der Waals surface area contributed by atoms with E-state index >= 15 is 0 Å². The first-order chi connectivity index (χ1) is 30.7. The Kier molecular flexibility index (Phi) is 18.5. The number of rotatable bonds is 3. The van der Waals surface area contributed by atoms with Crippen molar-refractivity contribution in [2.24, 2.45) is 0 Å². The second-order valence-corrected chi connectivity index (χ2v) is 17.5. The number of fused-ring (bicyclic) bond motifs is 6. The minimum Gasteiger partial charge on any atom is -0.412 e. The average Bonchev–Trinajstić information content (AvgIpc) is 3.28. The van der Waals surface area contributed by atoms with Crippen molar-refractivity contribution in [3.63, 3.8) is 0 Å². The fourth-order valence-electron chi connectivity index (χ4n) is 5.88. The average molecular weight is 1120 g/mol. The molecule has 0 bridgehead atoms. The summed E-state index contributed by atoms with van der Waals surface area (Å²) >= 11 is 0. The second kappa shape index (κ2) is 21.9. The molecular formula is C44H36F12N8O3P2Ru. The van der Waals surface area contributed by atoms with Gasteiger partial charge in [-0.1, -0.05) is 60.7 Å². The van der Waals surface area contributed by atoms with Gasteiger partial charge in [-0.25, -0.2) is 0 Å². The van der Waals surface area contributed by atoms with E-state index < -0.39 is 15.6 Å². The van der Waals surface area contributed by atoms with Crippen LogP contribution in [0.3, 0.4) is 0 Å². The van der Waals surface area contributed by atoms with Gasteiger partial charge in [0, 0.05) is 94.6 Å². The maximum absolute atomic E-state index is 10.7. The van der Waals surface area contributed by atoms with Gasteiger partial charge in [-0.3, -0.25) is 39.9 Å². The summed E-state index contributed by atoms with van der Waals surface area (Å²) in [4.78, 5) is 34.5. The molecular weight excluding hydrogens is 1080 g/mol. The number of aromatic nitrogens is 8. The molecule has 10 rings (SSSR count). The fourth-order valence-corrected chi connectivity index (χ4v) is 5.88. The van der Waals surface area contributed by atoms with E-state index in [-0.39, 0.29) is 35.9 Å². The molecule has 26 heteroatoms. The molecule has 8 aromatic heterocycles. The largest absolute Gasteiger partial charge is 2.00 e. The van der Waals surface area contributed by atoms with Gasteiger partial charge >= 0.3 is 85.5 Å². The summed E-state index contributed by atoms with van der Waals surface area (Å²) in [6.07, 6.45) is 18.1. The smallest absolute Gasteiger partial charge is 0.412 e. The van der Waals surface area contributed by atoms with E-state index in [0.717, 1.165) is 77.3 Å². The third-order valence-electron chi connectivity index (χ3n) is 8.51. The molecule has 11 nitrogen and oxygen atoms in total. The van der Waals surface area contributed by atoms with Crippen molar-refractivity contribution in [1.82, 2.24) is 39.9 Å². The SMILES string of the molecule is F[P-](F)(F)(F)(F)F.F[P-](F)(F)(F)(F)F.O.O.O.[Ru+2].c1cc(-c2ccc(-c3ccc(-c4ccncc4)cn3)nc2)ccn1.c1cnc2c(c1)ccc1cccnc12.c1cnc2c(c1)ccc1cccnc12. The molecule has 0 atom stereocenters. The molecule has 0 aliphatic carbocycles. The monoisotopic (exact) mass is 1120 g/mol. The van der Waals surface area contributed by atoms with Crippen LogP contribution in [-0.4, -0.2) is 56.3 Å². The molecule has 70 heavy (non-hydrogen) atoms. The Morgan fingerprint density at radius 3 is 0.729 bits per heavy atom. The Bertz CT molecular complexity index is 2900. The maximum Gasteiger partial charge on any atom is 2.00 e. The minimum atomic E-state index is -10.7. The normalized spacial score (nSPS) is 12.6. The third kappa shape index (κ3) is 20.8. The predicted molar refractivity (Wildman–Crippen MR) is 246 cm³/mol. The van der Waals surface area contributed by atoms with Gasteiger partial charge in [0.25, 0.3) is 0 Å². The summed E-state index contributed by atoms with van der Waals surface area (Å²) in [5.41, 5.74) is 9.95. The standard InChI is InChI=1S/C20H14N4.2C12H8N2.2F6P.3H2O.Ru/c1-3-19(23-13-17(1)15-5-9-21-10-6-15)20-4-2-18(14-24-20)16-7-11-22-12-8-16;2*1-3-9-5-6-10-4-2-8-14-12(10)11(9)13-7-1;2*1-7(2,3,4,5)6;;;;/h1-14H;2*1-8H;;;3*1H2;/q;;;2*-1;;;;+2. The topological polar surface area (TPSA) is 198 Å². The van der Waals surface area contributed by atoms with E-state index in [4.69, 9.17) is 0 Å². The van der Waals surface area contributed by atoms with Crippen molar-refractivity contribution in [1.29, 1.82) is 0 Å². The van der Waals surface area contributed by atoms with E-state index in [9.17, 15) is 50.4 Å². The molecule has 0 fully saturated rings. The molecule has 10 aromatic rings. The van der Waals surface area contributed by atoms with Crippen molar-refractivity contribution in [2.75, 3.05) is 0 Å². The summed E-state index contributed by atoms with van der Waals surface area (Å²) in [5, 5.41) is 4.55. The van der Waals surface area contributed by atoms with Crippen LogP contribution in [0, 0.1) is 0 Å². The Labute approximate surface area is 401 Å². The first-order valence-corrected chi connectivity index (χ1v) is 22.8.